The van der Waals surface area contributed by atoms with Crippen molar-refractivity contribution < 1.29 is 42.9 Å². The number of carbonyl (C=O) groups excluding carboxylic acids is 4. The molecule has 0 radical (unpaired) electrons. The highest BCUT2D eigenvalue weighted by Crippen LogP contribution is 2.37. The van der Waals surface area contributed by atoms with Crippen molar-refractivity contribution in [3.05, 3.63) is 153 Å². The molecule has 11 nitrogen and oxygen atoms in total. The Morgan fingerprint density at radius 1 is 0.700 bits per heavy atom. The lowest BCUT2D eigenvalue weighted by atomic mass is 10.1. The second-order valence-electron chi connectivity index (χ2n) is 11.2. The Morgan fingerprint density at radius 2 is 1.24 bits per heavy atom. The summed E-state index contributed by atoms with van der Waals surface area (Å²) in [5.41, 5.74) is -0.0506. The fraction of sp³-hybridized carbons (Fsp3) is 0.184. The molecule has 0 N–H and O–H groups in total. The number of pyridine rings is 1. The number of rotatable bonds is 10. The summed E-state index contributed by atoms with van der Waals surface area (Å²) in [5, 5.41) is 0.276. The van der Waals surface area contributed by atoms with Gasteiger partial charge in [0, 0.05) is 16.6 Å². The Labute approximate surface area is 290 Å². The molecule has 0 spiro atoms. The van der Waals surface area contributed by atoms with Crippen LogP contribution in [0.2, 0.25) is 5.02 Å². The number of hydrogen-bond acceptors (Lipinski definition) is 10. The molecule has 2 heterocycles. The molecule has 4 atom stereocenters. The van der Waals surface area contributed by atoms with Gasteiger partial charge in [0.25, 0.3) is 0 Å². The van der Waals surface area contributed by atoms with Crippen molar-refractivity contribution in [3.8, 4) is 0 Å². The number of carbonyl (C=O) groups is 4. The monoisotopic (exact) mass is 695 g/mol. The Balaban J connectivity index is 1.47. The Hall–Kier alpha value is -5.78. The molecule has 12 heteroatoms. The number of aromatic nitrogens is 1. The van der Waals surface area contributed by atoms with Crippen LogP contribution in [-0.2, 0) is 23.7 Å². The maximum atomic E-state index is 13.6. The highest BCUT2D eigenvalue weighted by atomic mass is 35.5. The Bertz CT molecular complexity index is 2090. The van der Waals surface area contributed by atoms with Gasteiger partial charge < -0.3 is 28.3 Å². The van der Waals surface area contributed by atoms with Gasteiger partial charge in [0.05, 0.1) is 28.8 Å². The first-order valence-electron chi connectivity index (χ1n) is 15.7. The Kier molecular flexibility index (Phi) is 10.4. The molecule has 1 saturated heterocycles. The maximum absolute atomic E-state index is 13.6. The SMILES string of the molecule is CCOC(=O)c1cn(C2OC(COC(=O)c3ccccc3)C(OC(=O)c3ccccc3)C2OC(=O)c2ccccc2)c2ccc(Cl)cc2c1=O. The minimum absolute atomic E-state index is 0.00450. The summed E-state index contributed by atoms with van der Waals surface area (Å²) in [6, 6.07) is 29.0. The van der Waals surface area contributed by atoms with Crippen molar-refractivity contribution in [1.82, 2.24) is 4.57 Å². The number of hydrogen-bond donors (Lipinski definition) is 0. The number of esters is 4. The van der Waals surface area contributed by atoms with E-state index in [4.69, 9.17) is 35.3 Å². The summed E-state index contributed by atoms with van der Waals surface area (Å²) in [6.07, 6.45) is -4.03. The largest absolute Gasteiger partial charge is 0.462 e. The smallest absolute Gasteiger partial charge is 0.343 e. The quantitative estimate of drug-likeness (QED) is 0.126. The summed E-state index contributed by atoms with van der Waals surface area (Å²) in [6.45, 7) is 1.17. The molecule has 254 valence electrons. The van der Waals surface area contributed by atoms with E-state index in [2.05, 4.69) is 0 Å². The van der Waals surface area contributed by atoms with Crippen LogP contribution in [0.15, 0.2) is 120 Å². The van der Waals surface area contributed by atoms with Crippen LogP contribution >= 0.6 is 11.6 Å². The van der Waals surface area contributed by atoms with Crippen molar-refractivity contribution >= 4 is 46.4 Å². The van der Waals surface area contributed by atoms with Gasteiger partial charge in [-0.1, -0.05) is 66.2 Å². The fourth-order valence-corrected chi connectivity index (χ4v) is 5.75. The minimum Gasteiger partial charge on any atom is -0.462 e. The molecule has 4 unspecified atom stereocenters. The third-order valence-corrected chi connectivity index (χ3v) is 8.18. The first kappa shape index (κ1) is 34.1. The van der Waals surface area contributed by atoms with E-state index in [1.165, 1.54) is 22.9 Å². The average Bonchev–Trinajstić information content (AvgIpc) is 3.47. The van der Waals surface area contributed by atoms with E-state index < -0.39 is 60.5 Å². The first-order chi connectivity index (χ1) is 24.2. The predicted molar refractivity (Wildman–Crippen MR) is 181 cm³/mol. The van der Waals surface area contributed by atoms with Crippen molar-refractivity contribution in [2.75, 3.05) is 13.2 Å². The molecule has 0 bridgehead atoms. The molecule has 0 saturated carbocycles. The molecule has 0 amide bonds. The highest BCUT2D eigenvalue weighted by Gasteiger charge is 2.51. The van der Waals surface area contributed by atoms with Crippen LogP contribution in [0.3, 0.4) is 0 Å². The van der Waals surface area contributed by atoms with E-state index in [9.17, 15) is 24.0 Å². The van der Waals surface area contributed by atoms with Crippen LogP contribution < -0.4 is 5.43 Å². The normalized spacial score (nSPS) is 18.3. The van der Waals surface area contributed by atoms with Gasteiger partial charge in [0.1, 0.15) is 18.3 Å². The molecule has 4 aromatic carbocycles. The zero-order valence-electron chi connectivity index (χ0n) is 26.6. The van der Waals surface area contributed by atoms with Gasteiger partial charge in [-0.2, -0.15) is 0 Å². The second-order valence-corrected chi connectivity index (χ2v) is 11.6. The van der Waals surface area contributed by atoms with E-state index in [0.717, 1.165) is 0 Å². The van der Waals surface area contributed by atoms with Crippen molar-refractivity contribution in [3.63, 3.8) is 0 Å². The number of nitrogens with zero attached hydrogens (tertiary/aromatic N) is 1. The van der Waals surface area contributed by atoms with Gasteiger partial charge >= 0.3 is 23.9 Å². The van der Waals surface area contributed by atoms with Gasteiger partial charge in [-0.25, -0.2) is 19.2 Å². The average molecular weight is 696 g/mol. The molecule has 6 rings (SSSR count). The minimum atomic E-state index is -1.40. The zero-order chi connectivity index (χ0) is 35.2. The van der Waals surface area contributed by atoms with Crippen molar-refractivity contribution in [1.29, 1.82) is 0 Å². The summed E-state index contributed by atoms with van der Waals surface area (Å²) >= 11 is 6.27. The summed E-state index contributed by atoms with van der Waals surface area (Å²) in [4.78, 5) is 66.7. The molecule has 5 aromatic rings. The van der Waals surface area contributed by atoms with Crippen LogP contribution in [0.1, 0.15) is 54.6 Å². The Morgan fingerprint density at radius 3 is 1.80 bits per heavy atom. The standard InChI is InChI=1S/C38H30ClNO10/c1-2-46-38(45)28-21-40(29-19-18-26(39)20-27(29)31(28)41)34-33(50-37(44)25-16-10-5-11-17-25)32(49-36(43)24-14-8-4-9-15-24)30(48-34)22-47-35(42)23-12-6-3-7-13-23/h3-21,30,32-34H,2,22H2,1H3. The van der Waals surface area contributed by atoms with E-state index in [1.807, 2.05) is 0 Å². The van der Waals surface area contributed by atoms with Gasteiger partial charge in [0.15, 0.2) is 18.4 Å². The molecule has 50 heavy (non-hydrogen) atoms. The van der Waals surface area contributed by atoms with Crippen LogP contribution in [0.5, 0.6) is 0 Å². The molecular weight excluding hydrogens is 666 g/mol. The van der Waals surface area contributed by atoms with E-state index in [0.29, 0.717) is 0 Å². The highest BCUT2D eigenvalue weighted by molar-refractivity contribution is 6.31. The van der Waals surface area contributed by atoms with Crippen LogP contribution in [0.4, 0.5) is 0 Å². The predicted octanol–water partition coefficient (Wildman–Crippen LogP) is 6.04. The van der Waals surface area contributed by atoms with E-state index in [-0.39, 0.29) is 44.8 Å². The summed E-state index contributed by atoms with van der Waals surface area (Å²) in [7, 11) is 0. The number of fused-ring (bicyclic) bond motifs is 1. The second kappa shape index (κ2) is 15.2. The molecule has 1 aliphatic heterocycles. The number of halogens is 1. The van der Waals surface area contributed by atoms with Crippen LogP contribution in [0, 0.1) is 0 Å². The number of ether oxygens (including phenoxy) is 5. The van der Waals surface area contributed by atoms with Crippen LogP contribution in [-0.4, -0.2) is 60.0 Å². The van der Waals surface area contributed by atoms with E-state index >= 15 is 0 Å². The molecule has 1 aliphatic rings. The lowest BCUT2D eigenvalue weighted by Gasteiger charge is -2.26. The molecule has 0 aliphatic carbocycles. The lowest BCUT2D eigenvalue weighted by molar-refractivity contribution is -0.0605. The summed E-state index contributed by atoms with van der Waals surface area (Å²) in [5.74, 6) is -3.10. The van der Waals surface area contributed by atoms with E-state index in [1.54, 1.807) is 104 Å². The third kappa shape index (κ3) is 7.29. The van der Waals surface area contributed by atoms with Crippen molar-refractivity contribution in [2.45, 2.75) is 31.5 Å². The topological polar surface area (TPSA) is 136 Å². The maximum Gasteiger partial charge on any atom is 0.343 e. The molecular formula is C38H30ClNO10. The lowest BCUT2D eigenvalue weighted by Crippen LogP contribution is -2.41. The van der Waals surface area contributed by atoms with Gasteiger partial charge in [-0.05, 0) is 61.5 Å². The third-order valence-electron chi connectivity index (χ3n) is 7.94. The fourth-order valence-electron chi connectivity index (χ4n) is 5.57. The zero-order valence-corrected chi connectivity index (χ0v) is 27.4. The van der Waals surface area contributed by atoms with Crippen LogP contribution in [0.25, 0.3) is 10.9 Å². The van der Waals surface area contributed by atoms with Crippen molar-refractivity contribution in [2.24, 2.45) is 0 Å². The molecule has 1 aromatic heterocycles. The van der Waals surface area contributed by atoms with Gasteiger partial charge in [0.2, 0.25) is 5.43 Å². The van der Waals surface area contributed by atoms with Gasteiger partial charge in [-0.15, -0.1) is 0 Å². The van der Waals surface area contributed by atoms with Gasteiger partial charge in [-0.3, -0.25) is 4.79 Å². The number of benzene rings is 4. The summed E-state index contributed by atoms with van der Waals surface area (Å²) < 4.78 is 30.7. The first-order valence-corrected chi connectivity index (χ1v) is 16.0. The molecule has 1 fully saturated rings.